The molecule has 0 saturated heterocycles. The minimum atomic E-state index is -2.39. The van der Waals surface area contributed by atoms with Crippen LogP contribution in [-0.2, 0) is 16.0 Å². The number of carboxylic acid groups (broad SMARTS) is 2. The van der Waals surface area contributed by atoms with E-state index >= 15 is 0 Å². The smallest absolute Gasteiger partial charge is 0.346 e. The van der Waals surface area contributed by atoms with Crippen molar-refractivity contribution < 1.29 is 30.0 Å². The van der Waals surface area contributed by atoms with Gasteiger partial charge in [0.25, 0.3) is 0 Å². The molecule has 0 saturated carbocycles. The fourth-order valence-electron chi connectivity index (χ4n) is 1.28. The Morgan fingerprint density at radius 3 is 2.22 bits per heavy atom. The minimum absolute atomic E-state index is 0.0701. The van der Waals surface area contributed by atoms with Gasteiger partial charge in [-0.1, -0.05) is 42.1 Å². The summed E-state index contributed by atoms with van der Waals surface area (Å²) in [4.78, 5) is 19.1. The van der Waals surface area contributed by atoms with E-state index in [1.165, 1.54) is 0 Å². The van der Waals surface area contributed by atoms with Crippen LogP contribution in [0.2, 0.25) is 0 Å². The molecule has 2 atom stereocenters. The molecule has 0 fully saturated rings. The quantitative estimate of drug-likeness (QED) is 0.544. The summed E-state index contributed by atoms with van der Waals surface area (Å²) in [6.45, 7) is 0. The zero-order chi connectivity index (χ0) is 13.8. The number of carbonyl (C=O) groups is 2. The van der Waals surface area contributed by atoms with E-state index in [-0.39, 0.29) is 18.2 Å². The van der Waals surface area contributed by atoms with Gasteiger partial charge in [0.1, 0.15) is 0 Å². The van der Waals surface area contributed by atoms with Crippen molar-refractivity contribution in [3.8, 4) is 0 Å². The lowest BCUT2D eigenvalue weighted by atomic mass is 10.1. The molecule has 0 aliphatic rings. The first-order chi connectivity index (χ1) is 8.35. The van der Waals surface area contributed by atoms with Gasteiger partial charge in [-0.2, -0.15) is 0 Å². The van der Waals surface area contributed by atoms with Gasteiger partial charge in [-0.25, -0.2) is 9.59 Å². The third-order valence-corrected chi connectivity index (χ3v) is 3.27. The molecule has 0 radical (unpaired) electrons. The molecule has 18 heavy (non-hydrogen) atoms. The summed E-state index contributed by atoms with van der Waals surface area (Å²) in [6.07, 6.45) is -0.307. The second-order valence-corrected chi connectivity index (χ2v) is 4.92. The fraction of sp³-hybridized carbons (Fsp3) is 0.273. The lowest BCUT2D eigenvalue weighted by molar-refractivity contribution is -0.149. The molecule has 0 aliphatic carbocycles. The Bertz CT molecular complexity index is 434. The Morgan fingerprint density at radius 2 is 1.78 bits per heavy atom. The molecule has 1 aromatic rings. The third kappa shape index (κ3) is 3.73. The molecule has 4 N–H and O–H groups in total. The SMILES string of the molecule is O=C(O)C(O)SC(O)(Cc1ccccc1)C(=O)O. The summed E-state index contributed by atoms with van der Waals surface area (Å²) >= 11 is 0.0701. The van der Waals surface area contributed by atoms with E-state index in [1.54, 1.807) is 30.3 Å². The van der Waals surface area contributed by atoms with Crippen molar-refractivity contribution in [1.29, 1.82) is 0 Å². The number of hydrogen-bond donors (Lipinski definition) is 4. The van der Waals surface area contributed by atoms with E-state index in [9.17, 15) is 14.7 Å². The summed E-state index contributed by atoms with van der Waals surface area (Å²) in [7, 11) is 0. The molecule has 0 amide bonds. The monoisotopic (exact) mass is 272 g/mol. The van der Waals surface area contributed by atoms with E-state index in [0.717, 1.165) is 0 Å². The Labute approximate surface area is 107 Å². The standard InChI is InChI=1S/C11H12O6S/c12-8(13)9(14)18-11(17,10(15)16)6-7-4-2-1-3-5-7/h1-5,9,14,17H,6H2,(H,12,13)(H,15,16). The maximum atomic E-state index is 11.0. The molecule has 1 aromatic carbocycles. The van der Waals surface area contributed by atoms with Crippen molar-refractivity contribution in [2.45, 2.75) is 16.8 Å². The molecule has 0 aromatic heterocycles. The predicted molar refractivity (Wildman–Crippen MR) is 64.0 cm³/mol. The van der Waals surface area contributed by atoms with Crippen LogP contribution in [0.1, 0.15) is 5.56 Å². The average molecular weight is 272 g/mol. The Kier molecular flexibility index (Phi) is 4.71. The first kappa shape index (κ1) is 14.5. The normalized spacial score (nSPS) is 15.7. The summed E-state index contributed by atoms with van der Waals surface area (Å²) in [5.41, 5.74) is -1.48. The van der Waals surface area contributed by atoms with Gasteiger partial charge in [0.15, 0.2) is 0 Å². The third-order valence-electron chi connectivity index (χ3n) is 2.14. The van der Waals surface area contributed by atoms with E-state index in [1.807, 2.05) is 0 Å². The first-order valence-corrected chi connectivity index (χ1v) is 5.81. The van der Waals surface area contributed by atoms with Gasteiger partial charge in [0, 0.05) is 6.42 Å². The van der Waals surface area contributed by atoms with E-state index in [4.69, 9.17) is 15.3 Å². The minimum Gasteiger partial charge on any atom is -0.479 e. The van der Waals surface area contributed by atoms with Crippen molar-refractivity contribution in [3.05, 3.63) is 35.9 Å². The van der Waals surface area contributed by atoms with Gasteiger partial charge >= 0.3 is 11.9 Å². The molecular formula is C11H12O6S. The molecule has 1 rings (SSSR count). The lowest BCUT2D eigenvalue weighted by Crippen LogP contribution is -2.40. The zero-order valence-electron chi connectivity index (χ0n) is 9.18. The molecule has 0 heterocycles. The second-order valence-electron chi connectivity index (χ2n) is 3.56. The molecule has 6 nitrogen and oxygen atoms in total. The first-order valence-electron chi connectivity index (χ1n) is 4.93. The summed E-state index contributed by atoms with van der Waals surface area (Å²) in [5, 5.41) is 36.5. The van der Waals surface area contributed by atoms with Gasteiger partial charge in [-0.15, -0.1) is 0 Å². The Balaban J connectivity index is 2.87. The van der Waals surface area contributed by atoms with Gasteiger partial charge < -0.3 is 20.4 Å². The van der Waals surface area contributed by atoms with Crippen molar-refractivity contribution in [2.24, 2.45) is 0 Å². The van der Waals surface area contributed by atoms with Crippen LogP contribution in [-0.4, -0.2) is 42.7 Å². The summed E-state index contributed by atoms with van der Waals surface area (Å²) in [6, 6.07) is 8.25. The van der Waals surface area contributed by atoms with Crippen LogP contribution >= 0.6 is 11.8 Å². The Hall–Kier alpha value is -1.57. The second kappa shape index (κ2) is 5.85. The molecule has 0 spiro atoms. The number of rotatable bonds is 6. The topological polar surface area (TPSA) is 115 Å². The number of benzene rings is 1. The van der Waals surface area contributed by atoms with Crippen LogP contribution in [0.25, 0.3) is 0 Å². The Morgan fingerprint density at radius 1 is 1.22 bits per heavy atom. The maximum absolute atomic E-state index is 11.0. The largest absolute Gasteiger partial charge is 0.479 e. The fourth-order valence-corrected chi connectivity index (χ4v) is 2.10. The highest BCUT2D eigenvalue weighted by Gasteiger charge is 2.41. The number of aliphatic carboxylic acids is 2. The summed E-state index contributed by atoms with van der Waals surface area (Å²) < 4.78 is 0. The van der Waals surface area contributed by atoms with Gasteiger partial charge in [0.2, 0.25) is 10.4 Å². The zero-order valence-corrected chi connectivity index (χ0v) is 10.0. The molecular weight excluding hydrogens is 260 g/mol. The number of thioether (sulfide) groups is 1. The molecule has 0 bridgehead atoms. The number of carboxylic acids is 2. The number of aliphatic hydroxyl groups excluding tert-OH is 1. The van der Waals surface area contributed by atoms with Crippen LogP contribution in [0.3, 0.4) is 0 Å². The van der Waals surface area contributed by atoms with Gasteiger partial charge in [0.05, 0.1) is 0 Å². The molecule has 2 unspecified atom stereocenters. The van der Waals surface area contributed by atoms with Crippen molar-refractivity contribution in [1.82, 2.24) is 0 Å². The van der Waals surface area contributed by atoms with Crippen LogP contribution < -0.4 is 0 Å². The van der Waals surface area contributed by atoms with Gasteiger partial charge in [-0.3, -0.25) is 0 Å². The number of hydrogen-bond acceptors (Lipinski definition) is 5. The lowest BCUT2D eigenvalue weighted by Gasteiger charge is -2.23. The molecule has 0 aliphatic heterocycles. The van der Waals surface area contributed by atoms with Crippen LogP contribution in [0.5, 0.6) is 0 Å². The van der Waals surface area contributed by atoms with Crippen LogP contribution in [0, 0.1) is 0 Å². The van der Waals surface area contributed by atoms with E-state index < -0.39 is 22.3 Å². The predicted octanol–water partition coefficient (Wildman–Crippen LogP) is 0.138. The highest BCUT2D eigenvalue weighted by atomic mass is 32.2. The van der Waals surface area contributed by atoms with Crippen molar-refractivity contribution >= 4 is 23.7 Å². The van der Waals surface area contributed by atoms with Crippen LogP contribution in [0.4, 0.5) is 0 Å². The summed E-state index contributed by atoms with van der Waals surface area (Å²) in [5.74, 6) is -3.20. The van der Waals surface area contributed by atoms with Gasteiger partial charge in [-0.05, 0) is 5.56 Å². The van der Waals surface area contributed by atoms with E-state index in [0.29, 0.717) is 5.56 Å². The average Bonchev–Trinajstić information content (AvgIpc) is 2.29. The van der Waals surface area contributed by atoms with E-state index in [2.05, 4.69) is 0 Å². The van der Waals surface area contributed by atoms with Crippen LogP contribution in [0.15, 0.2) is 30.3 Å². The highest BCUT2D eigenvalue weighted by molar-refractivity contribution is 8.02. The van der Waals surface area contributed by atoms with Crippen molar-refractivity contribution in [2.75, 3.05) is 0 Å². The number of aliphatic hydroxyl groups is 2. The molecule has 7 heteroatoms. The molecule has 98 valence electrons. The van der Waals surface area contributed by atoms with Crippen molar-refractivity contribution in [3.63, 3.8) is 0 Å². The maximum Gasteiger partial charge on any atom is 0.346 e. The highest BCUT2D eigenvalue weighted by Crippen LogP contribution is 2.30.